The maximum Gasteiger partial charge on any atom is 0.0963 e. The molecule has 1 rings (SSSR count). The molecule has 0 heterocycles. The molecule has 4 N–H and O–H groups in total. The summed E-state index contributed by atoms with van der Waals surface area (Å²) in [7, 11) is 0. The highest BCUT2D eigenvalue weighted by atomic mass is 32.2. The van der Waals surface area contributed by atoms with E-state index in [4.69, 9.17) is 10.8 Å². The molecule has 0 bridgehead atoms. The van der Waals surface area contributed by atoms with Gasteiger partial charge in [0.05, 0.1) is 18.8 Å². The molecule has 0 aliphatic rings. The Morgan fingerprint density at radius 1 is 1.36 bits per heavy atom. The van der Waals surface area contributed by atoms with Crippen LogP contribution < -0.4 is 5.73 Å². The molecule has 0 radical (unpaired) electrons. The van der Waals surface area contributed by atoms with E-state index in [0.29, 0.717) is 0 Å². The van der Waals surface area contributed by atoms with Crippen LogP contribution in [0.2, 0.25) is 0 Å². The van der Waals surface area contributed by atoms with Gasteiger partial charge in [-0.1, -0.05) is 12.1 Å². The van der Waals surface area contributed by atoms with Crippen molar-refractivity contribution in [1.82, 2.24) is 0 Å². The Balaban J connectivity index is 2.75. The predicted octanol–water partition coefficient (Wildman–Crippen LogP) is 0.762. The lowest BCUT2D eigenvalue weighted by Crippen LogP contribution is -2.31. The van der Waals surface area contributed by atoms with E-state index in [1.54, 1.807) is 11.8 Å². The van der Waals surface area contributed by atoms with Crippen LogP contribution in [-0.2, 0) is 0 Å². The number of aliphatic hydroxyl groups is 2. The van der Waals surface area contributed by atoms with Gasteiger partial charge in [0, 0.05) is 4.90 Å². The van der Waals surface area contributed by atoms with E-state index >= 15 is 0 Å². The molecule has 4 heteroatoms. The minimum atomic E-state index is -0.795. The van der Waals surface area contributed by atoms with Crippen LogP contribution in [0.1, 0.15) is 11.7 Å². The van der Waals surface area contributed by atoms with Crippen molar-refractivity contribution in [3.63, 3.8) is 0 Å². The smallest absolute Gasteiger partial charge is 0.0963 e. The summed E-state index contributed by atoms with van der Waals surface area (Å²) < 4.78 is 0. The highest BCUT2D eigenvalue weighted by Gasteiger charge is 2.15. The average Bonchev–Trinajstić information content (AvgIpc) is 2.27. The normalized spacial score (nSPS) is 15.1. The molecule has 0 unspecified atom stereocenters. The predicted molar refractivity (Wildman–Crippen MR) is 58.2 cm³/mol. The third kappa shape index (κ3) is 2.72. The van der Waals surface area contributed by atoms with E-state index in [-0.39, 0.29) is 6.61 Å². The summed E-state index contributed by atoms with van der Waals surface area (Å²) in [4.78, 5) is 1.14. The first-order valence-corrected chi connectivity index (χ1v) is 5.60. The number of hydrogen-bond donors (Lipinski definition) is 3. The van der Waals surface area contributed by atoms with Gasteiger partial charge in [-0.25, -0.2) is 0 Å². The number of benzene rings is 1. The van der Waals surface area contributed by atoms with Crippen LogP contribution in [0, 0.1) is 0 Å². The van der Waals surface area contributed by atoms with Crippen molar-refractivity contribution in [1.29, 1.82) is 0 Å². The zero-order chi connectivity index (χ0) is 10.6. The SMILES string of the molecule is CSc1ccc([C@@H](O)[C@@H](N)CO)cc1. The summed E-state index contributed by atoms with van der Waals surface area (Å²) in [6.45, 7) is -0.217. The summed E-state index contributed by atoms with van der Waals surface area (Å²) >= 11 is 1.64. The molecule has 0 saturated carbocycles. The summed E-state index contributed by atoms with van der Waals surface area (Å²) in [6, 6.07) is 6.88. The van der Waals surface area contributed by atoms with Crippen LogP contribution in [0.4, 0.5) is 0 Å². The zero-order valence-electron chi connectivity index (χ0n) is 8.05. The number of aliphatic hydroxyl groups excluding tert-OH is 2. The molecular formula is C10H15NO2S. The first-order valence-electron chi connectivity index (χ1n) is 4.37. The van der Waals surface area contributed by atoms with E-state index < -0.39 is 12.1 Å². The van der Waals surface area contributed by atoms with Gasteiger partial charge < -0.3 is 15.9 Å². The van der Waals surface area contributed by atoms with E-state index in [1.807, 2.05) is 30.5 Å². The first-order chi connectivity index (χ1) is 6.69. The van der Waals surface area contributed by atoms with Crippen molar-refractivity contribution in [3.8, 4) is 0 Å². The second kappa shape index (κ2) is 5.36. The van der Waals surface area contributed by atoms with Crippen LogP contribution in [0.3, 0.4) is 0 Å². The maximum absolute atomic E-state index is 9.66. The Hall–Kier alpha value is -0.550. The largest absolute Gasteiger partial charge is 0.395 e. The summed E-state index contributed by atoms with van der Waals surface area (Å²) in [6.07, 6.45) is 1.20. The van der Waals surface area contributed by atoms with Gasteiger partial charge in [0.1, 0.15) is 0 Å². The Labute approximate surface area is 87.9 Å². The van der Waals surface area contributed by atoms with E-state index in [0.717, 1.165) is 10.5 Å². The van der Waals surface area contributed by atoms with Crippen LogP contribution in [0.5, 0.6) is 0 Å². The van der Waals surface area contributed by atoms with Gasteiger partial charge in [-0.15, -0.1) is 11.8 Å². The third-order valence-electron chi connectivity index (χ3n) is 2.07. The van der Waals surface area contributed by atoms with Crippen molar-refractivity contribution in [2.24, 2.45) is 5.73 Å². The lowest BCUT2D eigenvalue weighted by atomic mass is 10.0. The maximum atomic E-state index is 9.66. The van der Waals surface area contributed by atoms with Crippen molar-refractivity contribution < 1.29 is 10.2 Å². The fourth-order valence-electron chi connectivity index (χ4n) is 1.15. The lowest BCUT2D eigenvalue weighted by molar-refractivity contribution is 0.109. The molecule has 3 nitrogen and oxygen atoms in total. The quantitative estimate of drug-likeness (QED) is 0.646. The third-order valence-corrected chi connectivity index (χ3v) is 2.82. The summed E-state index contributed by atoms with van der Waals surface area (Å²) in [5, 5.41) is 18.4. The molecule has 0 spiro atoms. The average molecular weight is 213 g/mol. The molecular weight excluding hydrogens is 198 g/mol. The van der Waals surface area contributed by atoms with Gasteiger partial charge in [0.2, 0.25) is 0 Å². The monoisotopic (exact) mass is 213 g/mol. The number of rotatable bonds is 4. The second-order valence-corrected chi connectivity index (χ2v) is 3.94. The molecule has 0 saturated heterocycles. The molecule has 78 valence electrons. The van der Waals surface area contributed by atoms with Crippen LogP contribution in [0.25, 0.3) is 0 Å². The zero-order valence-corrected chi connectivity index (χ0v) is 8.87. The van der Waals surface area contributed by atoms with Gasteiger partial charge in [-0.2, -0.15) is 0 Å². The van der Waals surface area contributed by atoms with E-state index in [1.165, 1.54) is 0 Å². The van der Waals surface area contributed by atoms with Crippen molar-refractivity contribution in [2.75, 3.05) is 12.9 Å². The highest BCUT2D eigenvalue weighted by Crippen LogP contribution is 2.20. The number of thioether (sulfide) groups is 1. The molecule has 2 atom stereocenters. The Kier molecular flexibility index (Phi) is 4.41. The first kappa shape index (κ1) is 11.5. The Morgan fingerprint density at radius 3 is 2.36 bits per heavy atom. The van der Waals surface area contributed by atoms with Crippen LogP contribution in [-0.4, -0.2) is 29.1 Å². The van der Waals surface area contributed by atoms with Crippen molar-refractivity contribution >= 4 is 11.8 Å². The van der Waals surface area contributed by atoms with Gasteiger partial charge in [0.25, 0.3) is 0 Å². The minimum absolute atomic E-state index is 0.217. The van der Waals surface area contributed by atoms with Crippen molar-refractivity contribution in [2.45, 2.75) is 17.0 Å². The molecule has 0 fully saturated rings. The fourth-order valence-corrected chi connectivity index (χ4v) is 1.56. The molecule has 1 aromatic carbocycles. The standard InChI is InChI=1S/C10H15NO2S/c1-14-8-4-2-7(3-5-8)10(13)9(11)6-12/h2-5,9-10,12-13H,6,11H2,1H3/t9-,10+/m0/s1. The second-order valence-electron chi connectivity index (χ2n) is 3.06. The number of hydrogen-bond acceptors (Lipinski definition) is 4. The number of nitrogens with two attached hydrogens (primary N) is 1. The lowest BCUT2D eigenvalue weighted by Gasteiger charge is -2.16. The molecule has 0 aliphatic carbocycles. The van der Waals surface area contributed by atoms with Gasteiger partial charge >= 0.3 is 0 Å². The van der Waals surface area contributed by atoms with Crippen LogP contribution >= 0.6 is 11.8 Å². The Bertz CT molecular complexity index is 276. The topological polar surface area (TPSA) is 66.5 Å². The van der Waals surface area contributed by atoms with Gasteiger partial charge in [-0.3, -0.25) is 0 Å². The van der Waals surface area contributed by atoms with E-state index in [9.17, 15) is 5.11 Å². The molecule has 0 aromatic heterocycles. The molecule has 0 amide bonds. The molecule has 0 aliphatic heterocycles. The Morgan fingerprint density at radius 2 is 1.93 bits per heavy atom. The van der Waals surface area contributed by atoms with Crippen LogP contribution in [0.15, 0.2) is 29.2 Å². The van der Waals surface area contributed by atoms with Gasteiger partial charge in [0.15, 0.2) is 0 Å². The highest BCUT2D eigenvalue weighted by molar-refractivity contribution is 7.98. The molecule has 14 heavy (non-hydrogen) atoms. The van der Waals surface area contributed by atoms with Crippen molar-refractivity contribution in [3.05, 3.63) is 29.8 Å². The molecule has 1 aromatic rings. The van der Waals surface area contributed by atoms with Gasteiger partial charge in [-0.05, 0) is 24.0 Å². The summed E-state index contributed by atoms with van der Waals surface area (Å²) in [5.41, 5.74) is 6.25. The minimum Gasteiger partial charge on any atom is -0.395 e. The summed E-state index contributed by atoms with van der Waals surface area (Å²) in [5.74, 6) is 0. The van der Waals surface area contributed by atoms with E-state index in [2.05, 4.69) is 0 Å². The fraction of sp³-hybridized carbons (Fsp3) is 0.400.